The SMILES string of the molecule is CC(SC1=Nc2ccccc2C2=NC(c3ccccc3)C(=O)N12)C(=O)NCCc1ccccc1. The third kappa shape index (κ3) is 4.39. The molecule has 2 unspecified atom stereocenters. The molecule has 34 heavy (non-hydrogen) atoms. The molecular weight excluding hydrogens is 444 g/mol. The molecule has 3 aromatic rings. The van der Waals surface area contributed by atoms with E-state index in [2.05, 4.69) is 5.32 Å². The summed E-state index contributed by atoms with van der Waals surface area (Å²) in [6, 6.07) is 26.6. The van der Waals surface area contributed by atoms with E-state index in [1.54, 1.807) is 4.90 Å². The zero-order valence-corrected chi connectivity index (χ0v) is 19.5. The molecule has 0 aliphatic carbocycles. The number of carbonyl (C=O) groups excluding carboxylic acids is 2. The first-order chi connectivity index (χ1) is 16.6. The molecule has 170 valence electrons. The number of hydrogen-bond acceptors (Lipinski definition) is 5. The van der Waals surface area contributed by atoms with Crippen LogP contribution < -0.4 is 5.32 Å². The van der Waals surface area contributed by atoms with Crippen molar-refractivity contribution >= 4 is 40.3 Å². The molecule has 0 saturated carbocycles. The molecule has 0 radical (unpaired) electrons. The Morgan fingerprint density at radius 3 is 2.44 bits per heavy atom. The van der Waals surface area contributed by atoms with Gasteiger partial charge in [-0.25, -0.2) is 14.9 Å². The van der Waals surface area contributed by atoms with Crippen LogP contribution in [0.15, 0.2) is 94.9 Å². The second-order valence-electron chi connectivity index (χ2n) is 8.14. The van der Waals surface area contributed by atoms with E-state index in [1.807, 2.05) is 91.9 Å². The molecule has 7 heteroatoms. The molecule has 2 atom stereocenters. The summed E-state index contributed by atoms with van der Waals surface area (Å²) in [4.78, 5) is 37.3. The van der Waals surface area contributed by atoms with Gasteiger partial charge in [-0.2, -0.15) is 0 Å². The minimum atomic E-state index is -0.622. The number of aliphatic imine (C=N–C) groups is 2. The first-order valence-electron chi connectivity index (χ1n) is 11.2. The van der Waals surface area contributed by atoms with Crippen LogP contribution in [0.4, 0.5) is 5.69 Å². The van der Waals surface area contributed by atoms with Gasteiger partial charge in [0.05, 0.1) is 10.9 Å². The first-order valence-corrected chi connectivity index (χ1v) is 12.1. The molecule has 2 aliphatic heterocycles. The molecule has 2 amide bonds. The Bertz CT molecular complexity index is 1270. The highest BCUT2D eigenvalue weighted by molar-refractivity contribution is 8.15. The van der Waals surface area contributed by atoms with Crippen molar-refractivity contribution in [1.29, 1.82) is 0 Å². The Morgan fingerprint density at radius 2 is 1.68 bits per heavy atom. The highest BCUT2D eigenvalue weighted by atomic mass is 32.2. The van der Waals surface area contributed by atoms with Gasteiger partial charge in [0.2, 0.25) is 5.91 Å². The van der Waals surface area contributed by atoms with Crippen LogP contribution in [0.1, 0.15) is 29.7 Å². The minimum Gasteiger partial charge on any atom is -0.355 e. The number of para-hydroxylation sites is 1. The van der Waals surface area contributed by atoms with Crippen LogP contribution in [-0.4, -0.2) is 39.5 Å². The maximum absolute atomic E-state index is 13.5. The molecule has 0 bridgehead atoms. The smallest absolute Gasteiger partial charge is 0.263 e. The Hall–Kier alpha value is -3.71. The summed E-state index contributed by atoms with van der Waals surface area (Å²) in [5.74, 6) is 0.342. The predicted molar refractivity (Wildman–Crippen MR) is 136 cm³/mol. The van der Waals surface area contributed by atoms with E-state index < -0.39 is 11.3 Å². The summed E-state index contributed by atoms with van der Waals surface area (Å²) in [5.41, 5.74) is 3.58. The summed E-state index contributed by atoms with van der Waals surface area (Å²) in [5, 5.41) is 3.05. The van der Waals surface area contributed by atoms with Gasteiger partial charge in [0, 0.05) is 12.1 Å². The number of nitrogens with zero attached hydrogens (tertiary/aromatic N) is 3. The summed E-state index contributed by atoms with van der Waals surface area (Å²) in [6.07, 6.45) is 0.762. The topological polar surface area (TPSA) is 74.1 Å². The molecule has 0 spiro atoms. The van der Waals surface area contributed by atoms with Gasteiger partial charge in [0.15, 0.2) is 11.2 Å². The van der Waals surface area contributed by atoms with E-state index in [4.69, 9.17) is 9.98 Å². The lowest BCUT2D eigenvalue weighted by Crippen LogP contribution is -2.42. The zero-order chi connectivity index (χ0) is 23.5. The van der Waals surface area contributed by atoms with Gasteiger partial charge >= 0.3 is 0 Å². The van der Waals surface area contributed by atoms with Crippen molar-refractivity contribution in [3.05, 3.63) is 102 Å². The van der Waals surface area contributed by atoms with Crippen molar-refractivity contribution in [2.75, 3.05) is 6.54 Å². The molecule has 1 N–H and O–H groups in total. The third-order valence-corrected chi connectivity index (χ3v) is 6.84. The van der Waals surface area contributed by atoms with Gasteiger partial charge in [-0.3, -0.25) is 9.59 Å². The molecule has 6 nitrogen and oxygen atoms in total. The van der Waals surface area contributed by atoms with Crippen LogP contribution in [-0.2, 0) is 16.0 Å². The van der Waals surface area contributed by atoms with E-state index >= 15 is 0 Å². The highest BCUT2D eigenvalue weighted by Crippen LogP contribution is 2.38. The monoisotopic (exact) mass is 468 g/mol. The lowest BCUT2D eigenvalue weighted by atomic mass is 10.1. The maximum Gasteiger partial charge on any atom is 0.263 e. The Labute approximate surface area is 202 Å². The van der Waals surface area contributed by atoms with Gasteiger partial charge in [-0.15, -0.1) is 0 Å². The van der Waals surface area contributed by atoms with E-state index in [0.29, 0.717) is 17.5 Å². The number of thioether (sulfide) groups is 1. The lowest BCUT2D eigenvalue weighted by molar-refractivity contribution is -0.124. The first kappa shape index (κ1) is 22.1. The number of rotatable bonds is 6. The number of carbonyl (C=O) groups is 2. The predicted octanol–water partition coefficient (Wildman–Crippen LogP) is 4.50. The molecule has 2 heterocycles. The summed E-state index contributed by atoms with van der Waals surface area (Å²) >= 11 is 1.28. The molecule has 0 saturated heterocycles. The van der Waals surface area contributed by atoms with Crippen molar-refractivity contribution in [3.8, 4) is 0 Å². The lowest BCUT2D eigenvalue weighted by Gasteiger charge is -2.26. The van der Waals surface area contributed by atoms with E-state index in [0.717, 1.165) is 23.2 Å². The van der Waals surface area contributed by atoms with Crippen LogP contribution in [0.2, 0.25) is 0 Å². The molecular formula is C27H24N4O2S. The minimum absolute atomic E-state index is 0.0905. The second kappa shape index (κ2) is 9.65. The fraction of sp³-hybridized carbons (Fsp3) is 0.185. The van der Waals surface area contributed by atoms with E-state index in [-0.39, 0.29) is 11.8 Å². The number of hydrogen-bond donors (Lipinski definition) is 1. The van der Waals surface area contributed by atoms with Crippen LogP contribution >= 0.6 is 11.8 Å². The molecule has 0 fully saturated rings. The van der Waals surface area contributed by atoms with Crippen LogP contribution in [0.5, 0.6) is 0 Å². The number of benzene rings is 3. The average Bonchev–Trinajstić information content (AvgIpc) is 3.23. The highest BCUT2D eigenvalue weighted by Gasteiger charge is 2.42. The fourth-order valence-electron chi connectivity index (χ4n) is 4.01. The van der Waals surface area contributed by atoms with Crippen LogP contribution in [0.25, 0.3) is 0 Å². The largest absolute Gasteiger partial charge is 0.355 e. The standard InChI is InChI=1S/C27H24N4O2S/c1-18(25(32)28-17-16-19-10-4-2-5-11-19)34-27-29-22-15-9-8-14-21(22)24-30-23(26(33)31(24)27)20-12-6-3-7-13-20/h2-15,18,23H,16-17H2,1H3,(H,28,32). The molecule has 3 aromatic carbocycles. The number of fused-ring (bicyclic) bond motifs is 3. The summed E-state index contributed by atoms with van der Waals surface area (Å²) < 4.78 is 0. The Morgan fingerprint density at radius 1 is 1.00 bits per heavy atom. The van der Waals surface area contributed by atoms with Crippen molar-refractivity contribution < 1.29 is 9.59 Å². The summed E-state index contributed by atoms with van der Waals surface area (Å²) in [7, 11) is 0. The Kier molecular flexibility index (Phi) is 6.27. The van der Waals surface area contributed by atoms with Gasteiger partial charge < -0.3 is 5.32 Å². The van der Waals surface area contributed by atoms with Crippen molar-refractivity contribution in [3.63, 3.8) is 0 Å². The average molecular weight is 469 g/mol. The van der Waals surface area contributed by atoms with Gasteiger partial charge in [-0.1, -0.05) is 84.6 Å². The van der Waals surface area contributed by atoms with Crippen molar-refractivity contribution in [2.45, 2.75) is 24.6 Å². The number of amides is 2. The zero-order valence-electron chi connectivity index (χ0n) is 18.7. The normalized spacial score (nSPS) is 17.4. The van der Waals surface area contributed by atoms with E-state index in [1.165, 1.54) is 17.3 Å². The molecule has 0 aromatic heterocycles. The number of nitrogens with one attached hydrogen (secondary N) is 1. The third-order valence-electron chi connectivity index (χ3n) is 5.79. The Balaban J connectivity index is 1.34. The van der Waals surface area contributed by atoms with Gasteiger partial charge in [0.25, 0.3) is 5.91 Å². The fourth-order valence-corrected chi connectivity index (χ4v) is 4.95. The summed E-state index contributed by atoms with van der Waals surface area (Å²) in [6.45, 7) is 2.38. The second-order valence-corrected chi connectivity index (χ2v) is 9.45. The molecule has 2 aliphatic rings. The van der Waals surface area contributed by atoms with Gasteiger partial charge in [0.1, 0.15) is 5.84 Å². The molecule has 5 rings (SSSR count). The van der Waals surface area contributed by atoms with Gasteiger partial charge in [-0.05, 0) is 36.6 Å². The van der Waals surface area contributed by atoms with Crippen LogP contribution in [0.3, 0.4) is 0 Å². The van der Waals surface area contributed by atoms with E-state index in [9.17, 15) is 9.59 Å². The van der Waals surface area contributed by atoms with Crippen LogP contribution in [0, 0.1) is 0 Å². The van der Waals surface area contributed by atoms with Crippen molar-refractivity contribution in [1.82, 2.24) is 10.2 Å². The number of amidine groups is 2. The quantitative estimate of drug-likeness (QED) is 0.579. The van der Waals surface area contributed by atoms with Crippen molar-refractivity contribution in [2.24, 2.45) is 9.98 Å². The maximum atomic E-state index is 13.5.